The molecular formula is C11H15N7O. The van der Waals surface area contributed by atoms with Crippen molar-refractivity contribution in [2.75, 3.05) is 13.6 Å². The molecule has 0 radical (unpaired) electrons. The highest BCUT2D eigenvalue weighted by Crippen LogP contribution is 1.99. The lowest BCUT2D eigenvalue weighted by Crippen LogP contribution is -2.34. The fraction of sp³-hybridized carbons (Fsp3) is 0.364. The number of nitrogens with zero attached hydrogens (tertiary/aromatic N) is 5. The quantitative estimate of drug-likeness (QED) is 0.716. The lowest BCUT2D eigenvalue weighted by Gasteiger charge is -2.15. The minimum Gasteiger partial charge on any atom is -0.348 e. The SMILES string of the molecule is CN(CC(=O)NCc1nn[nH]n1)Cc1cccnc1. The van der Waals surface area contributed by atoms with Crippen LogP contribution in [0, 0.1) is 0 Å². The third-order valence-corrected chi connectivity index (χ3v) is 2.42. The van der Waals surface area contributed by atoms with Crippen LogP contribution < -0.4 is 5.32 Å². The van der Waals surface area contributed by atoms with Gasteiger partial charge in [0.15, 0.2) is 5.82 Å². The number of carbonyl (C=O) groups is 1. The van der Waals surface area contributed by atoms with Crippen molar-refractivity contribution in [2.24, 2.45) is 0 Å². The van der Waals surface area contributed by atoms with Gasteiger partial charge in [0.25, 0.3) is 0 Å². The number of rotatable bonds is 6. The molecule has 2 rings (SSSR count). The maximum Gasteiger partial charge on any atom is 0.234 e. The molecule has 0 bridgehead atoms. The molecule has 0 aromatic carbocycles. The van der Waals surface area contributed by atoms with Crippen molar-refractivity contribution in [1.82, 2.24) is 35.8 Å². The fourth-order valence-corrected chi connectivity index (χ4v) is 1.60. The predicted octanol–water partition coefficient (Wildman–Crippen LogP) is -0.657. The summed E-state index contributed by atoms with van der Waals surface area (Å²) in [7, 11) is 1.88. The van der Waals surface area contributed by atoms with Crippen molar-refractivity contribution in [3.63, 3.8) is 0 Å². The molecule has 0 fully saturated rings. The third kappa shape index (κ3) is 4.43. The second-order valence-electron chi connectivity index (χ2n) is 4.14. The van der Waals surface area contributed by atoms with Crippen molar-refractivity contribution in [3.8, 4) is 0 Å². The van der Waals surface area contributed by atoms with E-state index in [4.69, 9.17) is 0 Å². The van der Waals surface area contributed by atoms with Crippen LogP contribution in [0.4, 0.5) is 0 Å². The second kappa shape index (κ2) is 6.55. The molecule has 0 aliphatic heterocycles. The van der Waals surface area contributed by atoms with Crippen LogP contribution in [0.3, 0.4) is 0 Å². The Morgan fingerprint density at radius 1 is 1.53 bits per heavy atom. The Morgan fingerprint density at radius 2 is 2.42 bits per heavy atom. The molecular weight excluding hydrogens is 246 g/mol. The Labute approximate surface area is 110 Å². The van der Waals surface area contributed by atoms with Gasteiger partial charge in [-0.1, -0.05) is 11.3 Å². The van der Waals surface area contributed by atoms with Crippen LogP contribution in [0.5, 0.6) is 0 Å². The largest absolute Gasteiger partial charge is 0.348 e. The summed E-state index contributed by atoms with van der Waals surface area (Å²) in [5.74, 6) is 0.374. The van der Waals surface area contributed by atoms with Gasteiger partial charge in [0, 0.05) is 18.9 Å². The Hall–Kier alpha value is -2.35. The standard InChI is InChI=1S/C11H15N7O/c1-18(7-9-3-2-4-12-5-9)8-11(19)13-6-10-14-16-17-15-10/h2-5H,6-8H2,1H3,(H,13,19)(H,14,15,16,17). The van der Waals surface area contributed by atoms with Crippen molar-refractivity contribution in [2.45, 2.75) is 13.1 Å². The highest BCUT2D eigenvalue weighted by molar-refractivity contribution is 5.77. The first-order chi connectivity index (χ1) is 9.24. The van der Waals surface area contributed by atoms with Gasteiger partial charge in [-0.3, -0.25) is 14.7 Å². The van der Waals surface area contributed by atoms with E-state index < -0.39 is 0 Å². The molecule has 1 amide bonds. The van der Waals surface area contributed by atoms with Crippen molar-refractivity contribution in [1.29, 1.82) is 0 Å². The Morgan fingerprint density at radius 3 is 3.11 bits per heavy atom. The number of amides is 1. The maximum absolute atomic E-state index is 11.7. The number of carbonyl (C=O) groups excluding carboxylic acids is 1. The molecule has 0 atom stereocenters. The number of hydrogen-bond donors (Lipinski definition) is 2. The van der Waals surface area contributed by atoms with Gasteiger partial charge in [-0.05, 0) is 18.7 Å². The number of aromatic nitrogens is 5. The van der Waals surface area contributed by atoms with Gasteiger partial charge in [0.1, 0.15) is 0 Å². The molecule has 2 N–H and O–H groups in total. The zero-order valence-corrected chi connectivity index (χ0v) is 10.6. The summed E-state index contributed by atoms with van der Waals surface area (Å²) in [6, 6.07) is 3.85. The van der Waals surface area contributed by atoms with E-state index in [0.29, 0.717) is 18.9 Å². The number of hydrogen-bond acceptors (Lipinski definition) is 6. The normalized spacial score (nSPS) is 10.6. The molecule has 0 saturated heterocycles. The van der Waals surface area contributed by atoms with E-state index in [1.54, 1.807) is 12.4 Å². The van der Waals surface area contributed by atoms with Crippen LogP contribution in [0.25, 0.3) is 0 Å². The Balaban J connectivity index is 1.72. The number of nitrogens with one attached hydrogen (secondary N) is 2. The summed E-state index contributed by atoms with van der Waals surface area (Å²) in [4.78, 5) is 17.6. The maximum atomic E-state index is 11.7. The lowest BCUT2D eigenvalue weighted by molar-refractivity contribution is -0.122. The predicted molar refractivity (Wildman–Crippen MR) is 66.6 cm³/mol. The van der Waals surface area contributed by atoms with Crippen LogP contribution in [0.1, 0.15) is 11.4 Å². The number of H-pyrrole nitrogens is 1. The molecule has 8 nitrogen and oxygen atoms in total. The summed E-state index contributed by atoms with van der Waals surface area (Å²) in [5.41, 5.74) is 1.07. The van der Waals surface area contributed by atoms with Gasteiger partial charge in [0.05, 0.1) is 13.1 Å². The van der Waals surface area contributed by atoms with Gasteiger partial charge in [-0.2, -0.15) is 5.21 Å². The molecule has 8 heteroatoms. The first kappa shape index (κ1) is 13.1. The minimum atomic E-state index is -0.0869. The molecule has 19 heavy (non-hydrogen) atoms. The first-order valence-electron chi connectivity index (χ1n) is 5.80. The number of pyridine rings is 1. The molecule has 0 unspecified atom stereocenters. The third-order valence-electron chi connectivity index (χ3n) is 2.42. The average molecular weight is 261 g/mol. The lowest BCUT2D eigenvalue weighted by atomic mass is 10.3. The summed E-state index contributed by atoms with van der Waals surface area (Å²) in [6.45, 7) is 1.24. The van der Waals surface area contributed by atoms with E-state index in [9.17, 15) is 4.79 Å². The van der Waals surface area contributed by atoms with Crippen LogP contribution in [-0.4, -0.2) is 50.0 Å². The minimum absolute atomic E-state index is 0.0869. The zero-order chi connectivity index (χ0) is 13.5. The summed E-state index contributed by atoms with van der Waals surface area (Å²) in [5, 5.41) is 16.0. The van der Waals surface area contributed by atoms with Gasteiger partial charge < -0.3 is 5.32 Å². The number of likely N-dealkylation sites (N-methyl/N-ethyl adjacent to an activating group) is 1. The van der Waals surface area contributed by atoms with Crippen molar-refractivity contribution >= 4 is 5.91 Å². The van der Waals surface area contributed by atoms with E-state index in [0.717, 1.165) is 5.56 Å². The van der Waals surface area contributed by atoms with E-state index in [-0.39, 0.29) is 12.5 Å². The van der Waals surface area contributed by atoms with Crippen LogP contribution >= 0.6 is 0 Å². The summed E-state index contributed by atoms with van der Waals surface area (Å²) >= 11 is 0. The van der Waals surface area contributed by atoms with Gasteiger partial charge >= 0.3 is 0 Å². The molecule has 0 saturated carbocycles. The number of tetrazole rings is 1. The average Bonchev–Trinajstić information content (AvgIpc) is 2.90. The molecule has 2 heterocycles. The molecule has 2 aromatic rings. The summed E-state index contributed by atoms with van der Waals surface area (Å²) in [6.07, 6.45) is 3.51. The van der Waals surface area contributed by atoms with Crippen LogP contribution in [0.15, 0.2) is 24.5 Å². The second-order valence-corrected chi connectivity index (χ2v) is 4.14. The Bertz CT molecular complexity index is 499. The van der Waals surface area contributed by atoms with Crippen LogP contribution in [0.2, 0.25) is 0 Å². The molecule has 0 aliphatic rings. The topological polar surface area (TPSA) is 99.7 Å². The highest BCUT2D eigenvalue weighted by atomic mass is 16.2. The fourth-order valence-electron chi connectivity index (χ4n) is 1.60. The molecule has 0 aliphatic carbocycles. The van der Waals surface area contributed by atoms with Gasteiger partial charge in [-0.15, -0.1) is 10.2 Å². The van der Waals surface area contributed by atoms with E-state index >= 15 is 0 Å². The Kier molecular flexibility index (Phi) is 4.51. The highest BCUT2D eigenvalue weighted by Gasteiger charge is 2.08. The number of aromatic amines is 1. The molecule has 0 spiro atoms. The van der Waals surface area contributed by atoms with Crippen LogP contribution in [-0.2, 0) is 17.9 Å². The zero-order valence-electron chi connectivity index (χ0n) is 10.6. The van der Waals surface area contributed by atoms with E-state index in [2.05, 4.69) is 30.9 Å². The van der Waals surface area contributed by atoms with Gasteiger partial charge in [0.2, 0.25) is 5.91 Å². The molecule has 100 valence electrons. The summed E-state index contributed by atoms with van der Waals surface area (Å²) < 4.78 is 0. The monoisotopic (exact) mass is 261 g/mol. The van der Waals surface area contributed by atoms with E-state index in [1.807, 2.05) is 24.1 Å². The van der Waals surface area contributed by atoms with Gasteiger partial charge in [-0.25, -0.2) is 0 Å². The van der Waals surface area contributed by atoms with Crippen molar-refractivity contribution < 1.29 is 4.79 Å². The first-order valence-corrected chi connectivity index (χ1v) is 5.80. The van der Waals surface area contributed by atoms with E-state index in [1.165, 1.54) is 0 Å². The van der Waals surface area contributed by atoms with Crippen molar-refractivity contribution in [3.05, 3.63) is 35.9 Å². The molecule has 2 aromatic heterocycles. The smallest absolute Gasteiger partial charge is 0.234 e.